The Morgan fingerprint density at radius 1 is 1.04 bits per heavy atom. The maximum atomic E-state index is 13.0. The van der Waals surface area contributed by atoms with Gasteiger partial charge in [-0.2, -0.15) is 0 Å². The number of ether oxygens (including phenoxy) is 2. The van der Waals surface area contributed by atoms with Gasteiger partial charge in [0.15, 0.2) is 17.5 Å². The summed E-state index contributed by atoms with van der Waals surface area (Å²) in [5.41, 5.74) is 2.17. The van der Waals surface area contributed by atoms with Crippen molar-refractivity contribution in [3.8, 4) is 11.5 Å². The molecule has 7 heteroatoms. The van der Waals surface area contributed by atoms with Crippen LogP contribution in [0.4, 0.5) is 4.39 Å². The van der Waals surface area contributed by atoms with Crippen LogP contribution in [0.25, 0.3) is 0 Å². The molecule has 148 valence electrons. The number of nitrogens with one attached hydrogen (secondary N) is 1. The number of aliphatic imine (C=N–C) groups is 1. The summed E-state index contributed by atoms with van der Waals surface area (Å²) in [7, 11) is 6.96. The summed E-state index contributed by atoms with van der Waals surface area (Å²) in [6.07, 6.45) is 0.823. The predicted octanol–water partition coefficient (Wildman–Crippen LogP) is 3.71. The fourth-order valence-corrected chi connectivity index (χ4v) is 2.68. The molecule has 27 heavy (non-hydrogen) atoms. The Kier molecular flexibility index (Phi) is 9.92. The summed E-state index contributed by atoms with van der Waals surface area (Å²) in [5, 5.41) is 3.35. The van der Waals surface area contributed by atoms with Crippen molar-refractivity contribution >= 4 is 29.9 Å². The van der Waals surface area contributed by atoms with E-state index in [1.54, 1.807) is 33.4 Å². The van der Waals surface area contributed by atoms with Crippen molar-refractivity contribution in [3.05, 3.63) is 59.4 Å². The van der Waals surface area contributed by atoms with Crippen LogP contribution < -0.4 is 14.8 Å². The molecule has 0 amide bonds. The minimum atomic E-state index is -0.228. The molecule has 0 radical (unpaired) electrons. The molecular formula is C20H27FIN3O2. The molecule has 0 spiro atoms. The molecule has 0 heterocycles. The molecule has 0 aliphatic carbocycles. The van der Waals surface area contributed by atoms with Gasteiger partial charge in [0.1, 0.15) is 5.82 Å². The lowest BCUT2D eigenvalue weighted by molar-refractivity contribution is 0.354. The van der Waals surface area contributed by atoms with Crippen molar-refractivity contribution < 1.29 is 13.9 Å². The van der Waals surface area contributed by atoms with Gasteiger partial charge in [0.25, 0.3) is 0 Å². The zero-order valence-corrected chi connectivity index (χ0v) is 18.5. The predicted molar refractivity (Wildman–Crippen MR) is 118 cm³/mol. The number of rotatable bonds is 7. The van der Waals surface area contributed by atoms with Gasteiger partial charge in [0.2, 0.25) is 0 Å². The van der Waals surface area contributed by atoms with Crippen molar-refractivity contribution in [2.75, 3.05) is 34.9 Å². The maximum absolute atomic E-state index is 13.0. The molecule has 2 aromatic carbocycles. The van der Waals surface area contributed by atoms with Gasteiger partial charge in [-0.1, -0.05) is 18.2 Å². The SMILES string of the molecule is CN=C(NCCc1ccc(OC)c(OC)c1)N(C)Cc1ccc(F)cc1.I. The first-order valence-corrected chi connectivity index (χ1v) is 8.44. The molecule has 0 unspecified atom stereocenters. The summed E-state index contributed by atoms with van der Waals surface area (Å²) < 4.78 is 23.6. The zero-order valence-electron chi connectivity index (χ0n) is 16.2. The fraction of sp³-hybridized carbons (Fsp3) is 0.350. The lowest BCUT2D eigenvalue weighted by atomic mass is 10.1. The van der Waals surface area contributed by atoms with Crippen LogP contribution in [0.2, 0.25) is 0 Å². The monoisotopic (exact) mass is 487 g/mol. The number of hydrogen-bond acceptors (Lipinski definition) is 3. The first-order valence-electron chi connectivity index (χ1n) is 8.44. The zero-order chi connectivity index (χ0) is 18.9. The van der Waals surface area contributed by atoms with Gasteiger partial charge >= 0.3 is 0 Å². The van der Waals surface area contributed by atoms with E-state index in [0.717, 1.165) is 41.6 Å². The van der Waals surface area contributed by atoms with E-state index in [-0.39, 0.29) is 29.8 Å². The second kappa shape index (κ2) is 11.6. The molecule has 0 aromatic heterocycles. The molecule has 0 saturated heterocycles. The second-order valence-electron chi connectivity index (χ2n) is 5.90. The van der Waals surface area contributed by atoms with Gasteiger partial charge < -0.3 is 19.7 Å². The van der Waals surface area contributed by atoms with E-state index in [2.05, 4.69) is 10.3 Å². The third-order valence-corrected chi connectivity index (χ3v) is 4.05. The Labute approximate surface area is 177 Å². The number of hydrogen-bond donors (Lipinski definition) is 1. The standard InChI is InChI=1S/C20H26FN3O2.HI/c1-22-20(24(2)14-16-5-8-17(21)9-6-16)23-12-11-15-7-10-18(25-3)19(13-15)26-4;/h5-10,13H,11-12,14H2,1-4H3,(H,22,23);1H. The Morgan fingerprint density at radius 2 is 1.67 bits per heavy atom. The topological polar surface area (TPSA) is 46.1 Å². The average molecular weight is 487 g/mol. The first kappa shape index (κ1) is 23.0. The molecular weight excluding hydrogens is 460 g/mol. The highest BCUT2D eigenvalue weighted by Crippen LogP contribution is 2.27. The first-order chi connectivity index (χ1) is 12.6. The van der Waals surface area contributed by atoms with Gasteiger partial charge in [-0.25, -0.2) is 4.39 Å². The summed E-state index contributed by atoms with van der Waals surface area (Å²) in [6, 6.07) is 12.4. The van der Waals surface area contributed by atoms with Gasteiger partial charge in [-0.05, 0) is 41.8 Å². The summed E-state index contributed by atoms with van der Waals surface area (Å²) in [6.45, 7) is 1.38. The van der Waals surface area contributed by atoms with E-state index in [4.69, 9.17) is 9.47 Å². The normalized spacial score (nSPS) is 10.8. The Morgan fingerprint density at radius 3 is 2.26 bits per heavy atom. The van der Waals surface area contributed by atoms with Crippen molar-refractivity contribution in [2.24, 2.45) is 4.99 Å². The number of halogens is 2. The summed E-state index contributed by atoms with van der Waals surface area (Å²) >= 11 is 0. The van der Waals surface area contributed by atoms with Crippen LogP contribution >= 0.6 is 24.0 Å². The molecule has 0 fully saturated rings. The molecule has 0 bridgehead atoms. The van der Waals surface area contributed by atoms with E-state index >= 15 is 0 Å². The summed E-state index contributed by atoms with van der Waals surface area (Å²) in [4.78, 5) is 6.31. The van der Waals surface area contributed by atoms with Gasteiger partial charge in [-0.3, -0.25) is 4.99 Å². The highest BCUT2D eigenvalue weighted by atomic mass is 127. The Balaban J connectivity index is 0.00000364. The van der Waals surface area contributed by atoms with Crippen LogP contribution in [0, 0.1) is 5.82 Å². The van der Waals surface area contributed by atoms with Crippen LogP contribution in [-0.2, 0) is 13.0 Å². The molecule has 0 atom stereocenters. The van der Waals surface area contributed by atoms with Crippen molar-refractivity contribution in [3.63, 3.8) is 0 Å². The molecule has 0 saturated carbocycles. The molecule has 0 aliphatic heterocycles. The number of methoxy groups -OCH3 is 2. The molecule has 0 aliphatic rings. The van der Waals surface area contributed by atoms with Crippen molar-refractivity contribution in [1.29, 1.82) is 0 Å². The lowest BCUT2D eigenvalue weighted by Gasteiger charge is -2.22. The minimum absolute atomic E-state index is 0. The molecule has 1 N–H and O–H groups in total. The van der Waals surface area contributed by atoms with Crippen molar-refractivity contribution in [2.45, 2.75) is 13.0 Å². The smallest absolute Gasteiger partial charge is 0.193 e. The van der Waals surface area contributed by atoms with Crippen LogP contribution in [0.1, 0.15) is 11.1 Å². The van der Waals surface area contributed by atoms with Gasteiger partial charge in [0.05, 0.1) is 14.2 Å². The molecule has 5 nitrogen and oxygen atoms in total. The number of benzene rings is 2. The average Bonchev–Trinajstić information content (AvgIpc) is 2.66. The van der Waals surface area contributed by atoms with Gasteiger partial charge in [0, 0.05) is 27.2 Å². The second-order valence-corrected chi connectivity index (χ2v) is 5.90. The molecule has 2 rings (SSSR count). The largest absolute Gasteiger partial charge is 0.493 e. The highest BCUT2D eigenvalue weighted by molar-refractivity contribution is 14.0. The van der Waals surface area contributed by atoms with Crippen LogP contribution in [0.3, 0.4) is 0 Å². The quantitative estimate of drug-likeness (QED) is 0.368. The van der Waals surface area contributed by atoms with E-state index in [9.17, 15) is 4.39 Å². The van der Waals surface area contributed by atoms with Crippen LogP contribution in [0.5, 0.6) is 11.5 Å². The number of guanidine groups is 1. The Bertz CT molecular complexity index is 739. The van der Waals surface area contributed by atoms with Gasteiger partial charge in [-0.15, -0.1) is 24.0 Å². The fourth-order valence-electron chi connectivity index (χ4n) is 2.68. The summed E-state index contributed by atoms with van der Waals surface area (Å²) in [5.74, 6) is 2.01. The van der Waals surface area contributed by atoms with Crippen LogP contribution in [-0.4, -0.2) is 45.7 Å². The minimum Gasteiger partial charge on any atom is -0.493 e. The van der Waals surface area contributed by atoms with Crippen molar-refractivity contribution in [1.82, 2.24) is 10.2 Å². The van der Waals surface area contributed by atoms with Crippen LogP contribution in [0.15, 0.2) is 47.5 Å². The van der Waals surface area contributed by atoms with E-state index < -0.39 is 0 Å². The Hall–Kier alpha value is -2.03. The maximum Gasteiger partial charge on any atom is 0.193 e. The highest BCUT2D eigenvalue weighted by Gasteiger charge is 2.08. The van der Waals surface area contributed by atoms with E-state index in [1.807, 2.05) is 30.1 Å². The van der Waals surface area contributed by atoms with E-state index in [1.165, 1.54) is 12.1 Å². The third-order valence-electron chi connectivity index (χ3n) is 4.05. The number of nitrogens with zero attached hydrogens (tertiary/aromatic N) is 2. The van der Waals surface area contributed by atoms with E-state index in [0.29, 0.717) is 6.54 Å². The third kappa shape index (κ3) is 6.89. The lowest BCUT2D eigenvalue weighted by Crippen LogP contribution is -2.39. The molecule has 2 aromatic rings.